The lowest BCUT2D eigenvalue weighted by molar-refractivity contribution is -0.143. The average Bonchev–Trinajstić information content (AvgIpc) is 2.74. The molecule has 0 aromatic rings. The molecule has 0 spiro atoms. The Balaban J connectivity index is 2.80. The molecule has 118 valence electrons. The van der Waals surface area contributed by atoms with Crippen LogP contribution in [0.5, 0.6) is 0 Å². The first-order valence-electron chi connectivity index (χ1n) is 8.58. The van der Waals surface area contributed by atoms with Gasteiger partial charge < -0.3 is 10.6 Å². The van der Waals surface area contributed by atoms with E-state index in [9.17, 15) is 4.79 Å². The summed E-state index contributed by atoms with van der Waals surface area (Å²) in [6, 6.07) is 0.435. The second-order valence-corrected chi connectivity index (χ2v) is 6.55. The first-order chi connectivity index (χ1) is 9.61. The molecule has 1 aliphatic rings. The van der Waals surface area contributed by atoms with Crippen LogP contribution in [0.1, 0.15) is 78.1 Å². The van der Waals surface area contributed by atoms with Gasteiger partial charge in [-0.25, -0.2) is 0 Å². The lowest BCUT2D eigenvalue weighted by atomic mass is 9.77. The Morgan fingerprint density at radius 1 is 1.10 bits per heavy atom. The van der Waals surface area contributed by atoms with E-state index in [0.717, 1.165) is 25.7 Å². The molecule has 1 rings (SSSR count). The van der Waals surface area contributed by atoms with Gasteiger partial charge in [-0.05, 0) is 25.7 Å². The summed E-state index contributed by atoms with van der Waals surface area (Å²) in [4.78, 5) is 15.1. The van der Waals surface area contributed by atoms with Gasteiger partial charge in [0.05, 0.1) is 5.41 Å². The minimum atomic E-state index is -0.315. The molecule has 0 aliphatic heterocycles. The van der Waals surface area contributed by atoms with E-state index in [4.69, 9.17) is 5.73 Å². The van der Waals surface area contributed by atoms with Gasteiger partial charge in [0.1, 0.15) is 0 Å². The monoisotopic (exact) mass is 282 g/mol. The van der Waals surface area contributed by atoms with Gasteiger partial charge in [0, 0.05) is 19.6 Å². The average molecular weight is 282 g/mol. The summed E-state index contributed by atoms with van der Waals surface area (Å²) in [7, 11) is 2.01. The summed E-state index contributed by atoms with van der Waals surface area (Å²) in [6.45, 7) is 4.79. The van der Waals surface area contributed by atoms with E-state index >= 15 is 0 Å². The fraction of sp³-hybridized carbons (Fsp3) is 0.941. The predicted octanol–water partition coefficient (Wildman–Crippen LogP) is 3.71. The van der Waals surface area contributed by atoms with Crippen molar-refractivity contribution in [3.63, 3.8) is 0 Å². The van der Waals surface area contributed by atoms with E-state index in [-0.39, 0.29) is 5.41 Å². The molecular formula is C17H34N2O. The molecule has 3 heteroatoms. The highest BCUT2D eigenvalue weighted by Crippen LogP contribution is 2.33. The second-order valence-electron chi connectivity index (χ2n) is 6.55. The third kappa shape index (κ3) is 4.21. The molecule has 20 heavy (non-hydrogen) atoms. The highest BCUT2D eigenvalue weighted by atomic mass is 16.2. The van der Waals surface area contributed by atoms with Gasteiger partial charge in [-0.15, -0.1) is 0 Å². The normalized spacial score (nSPS) is 17.8. The lowest BCUT2D eigenvalue weighted by Crippen LogP contribution is -2.50. The number of hydrogen-bond acceptors (Lipinski definition) is 2. The number of carbonyl (C=O) groups is 1. The van der Waals surface area contributed by atoms with Crippen LogP contribution in [0.25, 0.3) is 0 Å². The standard InChI is InChI=1S/C17H34N2O/c1-4-12-17(14-18,13-5-2)16(20)19(3)15-10-8-6-7-9-11-15/h15H,4-14,18H2,1-3H3. The Morgan fingerprint density at radius 3 is 2.00 bits per heavy atom. The van der Waals surface area contributed by atoms with Crippen LogP contribution >= 0.6 is 0 Å². The molecule has 0 aromatic heterocycles. The third-order valence-corrected chi connectivity index (χ3v) is 4.99. The molecule has 0 unspecified atom stereocenters. The molecule has 0 saturated heterocycles. The molecule has 0 bridgehead atoms. The van der Waals surface area contributed by atoms with Gasteiger partial charge in [-0.3, -0.25) is 4.79 Å². The first-order valence-corrected chi connectivity index (χ1v) is 8.58. The number of carbonyl (C=O) groups excluding carboxylic acids is 1. The molecule has 0 radical (unpaired) electrons. The summed E-state index contributed by atoms with van der Waals surface area (Å²) < 4.78 is 0. The molecule has 0 aromatic carbocycles. The van der Waals surface area contributed by atoms with Crippen molar-refractivity contribution in [2.75, 3.05) is 13.6 Å². The van der Waals surface area contributed by atoms with Crippen LogP contribution in [0.4, 0.5) is 0 Å². The fourth-order valence-corrected chi connectivity index (χ4v) is 3.77. The van der Waals surface area contributed by atoms with Crippen LogP contribution in [0.2, 0.25) is 0 Å². The van der Waals surface area contributed by atoms with E-state index in [1.54, 1.807) is 0 Å². The van der Waals surface area contributed by atoms with Crippen molar-refractivity contribution in [1.29, 1.82) is 0 Å². The largest absolute Gasteiger partial charge is 0.342 e. The van der Waals surface area contributed by atoms with Crippen LogP contribution < -0.4 is 5.73 Å². The van der Waals surface area contributed by atoms with Crippen LogP contribution in [-0.4, -0.2) is 30.4 Å². The lowest BCUT2D eigenvalue weighted by Gasteiger charge is -2.38. The zero-order chi connectivity index (χ0) is 15.0. The Morgan fingerprint density at radius 2 is 1.60 bits per heavy atom. The number of nitrogens with zero attached hydrogens (tertiary/aromatic N) is 1. The minimum absolute atomic E-state index is 0.301. The molecule has 2 N–H and O–H groups in total. The molecule has 1 aliphatic carbocycles. The second kappa shape index (κ2) is 8.66. The van der Waals surface area contributed by atoms with E-state index in [0.29, 0.717) is 18.5 Å². The van der Waals surface area contributed by atoms with E-state index in [2.05, 4.69) is 13.8 Å². The maximum absolute atomic E-state index is 13.0. The van der Waals surface area contributed by atoms with Crippen molar-refractivity contribution in [2.24, 2.45) is 11.1 Å². The van der Waals surface area contributed by atoms with Crippen molar-refractivity contribution in [1.82, 2.24) is 4.90 Å². The van der Waals surface area contributed by atoms with Crippen molar-refractivity contribution in [3.8, 4) is 0 Å². The highest BCUT2D eigenvalue weighted by molar-refractivity contribution is 5.83. The zero-order valence-corrected chi connectivity index (χ0v) is 13.8. The Hall–Kier alpha value is -0.570. The fourth-order valence-electron chi connectivity index (χ4n) is 3.77. The summed E-state index contributed by atoms with van der Waals surface area (Å²) in [5, 5.41) is 0. The number of nitrogens with two attached hydrogens (primary N) is 1. The number of hydrogen-bond donors (Lipinski definition) is 1. The van der Waals surface area contributed by atoms with Crippen LogP contribution in [0.3, 0.4) is 0 Å². The first kappa shape index (κ1) is 17.5. The number of amides is 1. The summed E-state index contributed by atoms with van der Waals surface area (Å²) in [5.41, 5.74) is 5.72. The molecule has 0 heterocycles. The highest BCUT2D eigenvalue weighted by Gasteiger charge is 2.39. The maximum atomic E-state index is 13.0. The van der Waals surface area contributed by atoms with Crippen molar-refractivity contribution < 1.29 is 4.79 Å². The van der Waals surface area contributed by atoms with E-state index < -0.39 is 0 Å². The van der Waals surface area contributed by atoms with Gasteiger partial charge in [0.25, 0.3) is 0 Å². The Kier molecular flexibility index (Phi) is 7.57. The maximum Gasteiger partial charge on any atom is 0.230 e. The summed E-state index contributed by atoms with van der Waals surface area (Å²) in [6.07, 6.45) is 11.4. The van der Waals surface area contributed by atoms with Crippen molar-refractivity contribution in [2.45, 2.75) is 84.1 Å². The van der Waals surface area contributed by atoms with Gasteiger partial charge in [0.2, 0.25) is 5.91 Å². The molecule has 1 saturated carbocycles. The van der Waals surface area contributed by atoms with Crippen LogP contribution in [0, 0.1) is 5.41 Å². The SMILES string of the molecule is CCCC(CN)(CCC)C(=O)N(C)C1CCCCCC1. The topological polar surface area (TPSA) is 46.3 Å². The Bertz CT molecular complexity index is 277. The predicted molar refractivity (Wildman–Crippen MR) is 85.6 cm³/mol. The van der Waals surface area contributed by atoms with Gasteiger partial charge in [0.15, 0.2) is 0 Å². The minimum Gasteiger partial charge on any atom is -0.342 e. The van der Waals surface area contributed by atoms with Crippen LogP contribution in [0.15, 0.2) is 0 Å². The van der Waals surface area contributed by atoms with Crippen LogP contribution in [-0.2, 0) is 4.79 Å². The Labute approximate surface area is 125 Å². The van der Waals surface area contributed by atoms with E-state index in [1.807, 2.05) is 11.9 Å². The summed E-state index contributed by atoms with van der Waals surface area (Å²) in [5.74, 6) is 0.301. The van der Waals surface area contributed by atoms with Gasteiger partial charge in [-0.2, -0.15) is 0 Å². The van der Waals surface area contributed by atoms with Crippen molar-refractivity contribution >= 4 is 5.91 Å². The number of rotatable bonds is 7. The van der Waals surface area contributed by atoms with E-state index in [1.165, 1.54) is 38.5 Å². The molecule has 1 amide bonds. The smallest absolute Gasteiger partial charge is 0.230 e. The van der Waals surface area contributed by atoms with Gasteiger partial charge >= 0.3 is 0 Å². The molecule has 0 atom stereocenters. The molecular weight excluding hydrogens is 248 g/mol. The van der Waals surface area contributed by atoms with Gasteiger partial charge in [-0.1, -0.05) is 52.4 Å². The molecule has 3 nitrogen and oxygen atoms in total. The quantitative estimate of drug-likeness (QED) is 0.723. The van der Waals surface area contributed by atoms with Crippen molar-refractivity contribution in [3.05, 3.63) is 0 Å². The molecule has 1 fully saturated rings. The third-order valence-electron chi connectivity index (χ3n) is 4.99. The zero-order valence-electron chi connectivity index (χ0n) is 13.8. The summed E-state index contributed by atoms with van der Waals surface area (Å²) >= 11 is 0.